The van der Waals surface area contributed by atoms with Crippen molar-refractivity contribution >= 4 is 11.6 Å². The topological polar surface area (TPSA) is 41.5 Å². The van der Waals surface area contributed by atoms with Gasteiger partial charge in [-0.05, 0) is 87.4 Å². The molecule has 5 aliphatic rings. The molecule has 0 radical (unpaired) electrons. The summed E-state index contributed by atoms with van der Waals surface area (Å²) in [4.78, 5) is 12.4. The molecule has 0 spiro atoms. The Kier molecular flexibility index (Phi) is 3.55. The summed E-state index contributed by atoms with van der Waals surface area (Å²) in [5.41, 5.74) is 4.42. The number of amides is 1. The molecule has 0 saturated heterocycles. The predicted molar refractivity (Wildman–Crippen MR) is 83.9 cm³/mol. The van der Waals surface area contributed by atoms with Crippen LogP contribution in [0.2, 0.25) is 0 Å². The van der Waals surface area contributed by atoms with Gasteiger partial charge in [-0.25, -0.2) is 5.43 Å². The standard InChI is InChI=1S/C18H28N2O/c21-17(20-19-16-4-2-1-3-5-16)12-18-9-13-6-14(10-18)8-15(7-13)11-18/h13-15H,1-12H2,(H,20,21). The third-order valence-corrected chi connectivity index (χ3v) is 6.47. The minimum Gasteiger partial charge on any atom is -0.273 e. The van der Waals surface area contributed by atoms with Gasteiger partial charge in [0.15, 0.2) is 0 Å². The van der Waals surface area contributed by atoms with Gasteiger partial charge >= 0.3 is 0 Å². The molecule has 4 bridgehead atoms. The summed E-state index contributed by atoms with van der Waals surface area (Å²) in [6, 6.07) is 0. The van der Waals surface area contributed by atoms with Crippen LogP contribution in [0.15, 0.2) is 5.10 Å². The van der Waals surface area contributed by atoms with Crippen molar-refractivity contribution in [2.24, 2.45) is 28.3 Å². The molecule has 3 nitrogen and oxygen atoms in total. The molecule has 5 aliphatic carbocycles. The van der Waals surface area contributed by atoms with E-state index in [2.05, 4.69) is 10.5 Å². The Morgan fingerprint density at radius 3 is 2.14 bits per heavy atom. The van der Waals surface area contributed by atoms with Gasteiger partial charge in [-0.15, -0.1) is 0 Å². The van der Waals surface area contributed by atoms with Crippen molar-refractivity contribution in [1.29, 1.82) is 0 Å². The summed E-state index contributed by atoms with van der Waals surface area (Å²) in [5, 5.41) is 4.40. The molecule has 5 rings (SSSR count). The van der Waals surface area contributed by atoms with E-state index in [1.165, 1.54) is 63.5 Å². The van der Waals surface area contributed by atoms with Gasteiger partial charge in [-0.2, -0.15) is 5.10 Å². The maximum Gasteiger partial charge on any atom is 0.240 e. The van der Waals surface area contributed by atoms with Crippen molar-refractivity contribution in [3.63, 3.8) is 0 Å². The van der Waals surface area contributed by atoms with Crippen LogP contribution < -0.4 is 5.43 Å². The fraction of sp³-hybridized carbons (Fsp3) is 0.889. The third-order valence-electron chi connectivity index (χ3n) is 6.47. The Hall–Kier alpha value is -0.860. The van der Waals surface area contributed by atoms with Crippen LogP contribution in [0.3, 0.4) is 0 Å². The molecule has 116 valence electrons. The van der Waals surface area contributed by atoms with Crippen molar-refractivity contribution in [3.05, 3.63) is 0 Å². The zero-order valence-corrected chi connectivity index (χ0v) is 13.1. The minimum absolute atomic E-state index is 0.176. The number of nitrogens with zero attached hydrogens (tertiary/aromatic N) is 1. The molecule has 0 unspecified atom stereocenters. The SMILES string of the molecule is O=C(CC12CC3CC(CC(C3)C1)C2)NN=C1CCCCC1. The monoisotopic (exact) mass is 288 g/mol. The highest BCUT2D eigenvalue weighted by atomic mass is 16.2. The van der Waals surface area contributed by atoms with Crippen LogP contribution in [0.1, 0.15) is 77.0 Å². The molecule has 0 heterocycles. The molecule has 0 aromatic carbocycles. The van der Waals surface area contributed by atoms with E-state index in [0.29, 0.717) is 5.41 Å². The Balaban J connectivity index is 1.36. The molecular weight excluding hydrogens is 260 g/mol. The second-order valence-corrected chi connectivity index (χ2v) is 8.37. The lowest BCUT2D eigenvalue weighted by atomic mass is 9.49. The predicted octanol–water partition coefficient (Wildman–Crippen LogP) is 4.03. The lowest BCUT2D eigenvalue weighted by Crippen LogP contribution is -2.47. The molecule has 0 atom stereocenters. The Bertz CT molecular complexity index is 411. The number of nitrogens with one attached hydrogen (secondary N) is 1. The van der Waals surface area contributed by atoms with E-state index in [1.807, 2.05) is 0 Å². The Labute approximate surface area is 127 Å². The van der Waals surface area contributed by atoms with E-state index in [9.17, 15) is 4.79 Å². The van der Waals surface area contributed by atoms with Crippen molar-refractivity contribution in [2.45, 2.75) is 77.0 Å². The van der Waals surface area contributed by atoms with Crippen molar-refractivity contribution in [3.8, 4) is 0 Å². The number of carbonyl (C=O) groups is 1. The highest BCUT2D eigenvalue weighted by Gasteiger charge is 2.51. The molecule has 21 heavy (non-hydrogen) atoms. The second kappa shape index (κ2) is 5.40. The maximum absolute atomic E-state index is 12.4. The van der Waals surface area contributed by atoms with E-state index in [0.717, 1.165) is 37.0 Å². The molecule has 0 aromatic rings. The number of hydrazone groups is 1. The van der Waals surface area contributed by atoms with Crippen LogP contribution in [-0.4, -0.2) is 11.6 Å². The first kappa shape index (κ1) is 13.8. The van der Waals surface area contributed by atoms with Gasteiger partial charge in [0.1, 0.15) is 0 Å². The molecule has 3 heteroatoms. The molecule has 5 fully saturated rings. The average Bonchev–Trinajstić information content (AvgIpc) is 2.44. The number of rotatable bonds is 3. The Morgan fingerprint density at radius 2 is 1.57 bits per heavy atom. The van der Waals surface area contributed by atoms with Gasteiger partial charge in [-0.3, -0.25) is 4.79 Å². The molecule has 0 aromatic heterocycles. The lowest BCUT2D eigenvalue weighted by molar-refractivity contribution is -0.129. The van der Waals surface area contributed by atoms with E-state index in [-0.39, 0.29) is 5.91 Å². The van der Waals surface area contributed by atoms with Crippen LogP contribution in [0.25, 0.3) is 0 Å². The van der Waals surface area contributed by atoms with Gasteiger partial charge in [0.25, 0.3) is 0 Å². The summed E-state index contributed by atoms with van der Waals surface area (Å²) in [6.07, 6.45) is 15.0. The van der Waals surface area contributed by atoms with E-state index >= 15 is 0 Å². The van der Waals surface area contributed by atoms with Crippen LogP contribution in [0.5, 0.6) is 0 Å². The zero-order valence-electron chi connectivity index (χ0n) is 13.1. The van der Waals surface area contributed by atoms with E-state index < -0.39 is 0 Å². The summed E-state index contributed by atoms with van der Waals surface area (Å²) in [7, 11) is 0. The third kappa shape index (κ3) is 2.89. The van der Waals surface area contributed by atoms with Gasteiger partial charge in [0.05, 0.1) is 0 Å². The first-order valence-corrected chi connectivity index (χ1v) is 9.05. The molecule has 0 aliphatic heterocycles. The van der Waals surface area contributed by atoms with Crippen LogP contribution in [0.4, 0.5) is 0 Å². The summed E-state index contributed by atoms with van der Waals surface area (Å²) < 4.78 is 0. The normalized spacial score (nSPS) is 41.1. The Morgan fingerprint density at radius 1 is 1.00 bits per heavy atom. The van der Waals surface area contributed by atoms with Crippen LogP contribution in [0, 0.1) is 23.2 Å². The van der Waals surface area contributed by atoms with Crippen molar-refractivity contribution in [1.82, 2.24) is 5.43 Å². The van der Waals surface area contributed by atoms with E-state index in [1.54, 1.807) is 0 Å². The summed E-state index contributed by atoms with van der Waals surface area (Å²) in [5.74, 6) is 2.95. The van der Waals surface area contributed by atoms with Crippen LogP contribution >= 0.6 is 0 Å². The molecule has 5 saturated carbocycles. The van der Waals surface area contributed by atoms with Crippen LogP contribution in [-0.2, 0) is 4.79 Å². The lowest BCUT2D eigenvalue weighted by Gasteiger charge is -2.56. The minimum atomic E-state index is 0.176. The van der Waals surface area contributed by atoms with Crippen molar-refractivity contribution in [2.75, 3.05) is 0 Å². The highest BCUT2D eigenvalue weighted by molar-refractivity contribution is 5.86. The van der Waals surface area contributed by atoms with Crippen molar-refractivity contribution < 1.29 is 4.79 Å². The number of carbonyl (C=O) groups excluding carboxylic acids is 1. The van der Waals surface area contributed by atoms with Gasteiger partial charge in [0.2, 0.25) is 5.91 Å². The first-order valence-electron chi connectivity index (χ1n) is 9.05. The zero-order chi connectivity index (χ0) is 14.3. The van der Waals surface area contributed by atoms with Gasteiger partial charge in [0, 0.05) is 12.1 Å². The quantitative estimate of drug-likeness (QED) is 0.783. The molecule has 1 N–H and O–H groups in total. The summed E-state index contributed by atoms with van der Waals surface area (Å²) >= 11 is 0. The fourth-order valence-corrected chi connectivity index (χ4v) is 6.10. The number of hydrogen-bond acceptors (Lipinski definition) is 2. The number of hydrogen-bond donors (Lipinski definition) is 1. The smallest absolute Gasteiger partial charge is 0.240 e. The summed E-state index contributed by atoms with van der Waals surface area (Å²) in [6.45, 7) is 0. The largest absolute Gasteiger partial charge is 0.273 e. The second-order valence-electron chi connectivity index (χ2n) is 8.37. The first-order chi connectivity index (χ1) is 10.2. The fourth-order valence-electron chi connectivity index (χ4n) is 6.10. The maximum atomic E-state index is 12.4. The average molecular weight is 288 g/mol. The van der Waals surface area contributed by atoms with Gasteiger partial charge in [-0.1, -0.05) is 6.42 Å². The van der Waals surface area contributed by atoms with Gasteiger partial charge < -0.3 is 0 Å². The molecular formula is C18H28N2O. The molecule has 1 amide bonds. The highest BCUT2D eigenvalue weighted by Crippen LogP contribution is 2.61. The van der Waals surface area contributed by atoms with E-state index in [4.69, 9.17) is 0 Å².